The van der Waals surface area contributed by atoms with Crippen LogP contribution in [0.1, 0.15) is 55.4 Å². The number of aliphatic imine (C=N–C) groups is 1. The number of fused-ring (bicyclic) bond motifs is 1. The molecule has 2 aliphatic rings. The van der Waals surface area contributed by atoms with Crippen LogP contribution in [0.15, 0.2) is 23.2 Å². The maximum absolute atomic E-state index is 5.67. The molecular weight excluding hydrogens is 364 g/mol. The van der Waals surface area contributed by atoms with Gasteiger partial charge in [-0.3, -0.25) is 0 Å². The molecule has 2 heterocycles. The molecule has 0 amide bonds. The van der Waals surface area contributed by atoms with Gasteiger partial charge in [-0.05, 0) is 56.4 Å². The van der Waals surface area contributed by atoms with Crippen LogP contribution in [-0.4, -0.2) is 44.8 Å². The molecule has 0 atom stereocenters. The van der Waals surface area contributed by atoms with Crippen molar-refractivity contribution in [1.82, 2.24) is 25.0 Å². The van der Waals surface area contributed by atoms with Gasteiger partial charge >= 0.3 is 0 Å². The topological polar surface area (TPSA) is 67.6 Å². The second-order valence-electron chi connectivity index (χ2n) is 8.02. The monoisotopic (exact) mass is 396 g/mol. The van der Waals surface area contributed by atoms with Gasteiger partial charge < -0.3 is 19.5 Å². The predicted molar refractivity (Wildman–Crippen MR) is 114 cm³/mol. The molecule has 156 valence electrons. The number of hydrogen-bond acceptors (Lipinski definition) is 4. The number of aromatic nitrogens is 3. The Morgan fingerprint density at radius 1 is 1.24 bits per heavy atom. The van der Waals surface area contributed by atoms with E-state index < -0.39 is 0 Å². The third-order valence-corrected chi connectivity index (χ3v) is 6.04. The van der Waals surface area contributed by atoms with E-state index in [9.17, 15) is 0 Å². The van der Waals surface area contributed by atoms with Gasteiger partial charge in [-0.1, -0.05) is 18.9 Å². The number of nitrogens with zero attached hydrogens (tertiary/aromatic N) is 5. The van der Waals surface area contributed by atoms with E-state index in [-0.39, 0.29) is 0 Å². The molecule has 2 aromatic rings. The summed E-state index contributed by atoms with van der Waals surface area (Å²) in [5.41, 5.74) is 2.74. The molecule has 0 radical (unpaired) electrons. The minimum absolute atomic E-state index is 0.525. The standard InChI is InChI=1S/C22H32N6O/c1-4-29-20-10-9-18-15-28(12-11-17(18)13-20)22(24-19-7-5-6-8-19)23-14-21-26-25-16(2)27(21)3/h9-10,13,19H,4-8,11-12,14-15H2,1-3H3,(H,23,24). The normalized spacial score (nSPS) is 17.5. The largest absolute Gasteiger partial charge is 0.494 e. The van der Waals surface area contributed by atoms with Gasteiger partial charge in [0.25, 0.3) is 0 Å². The van der Waals surface area contributed by atoms with Crippen molar-refractivity contribution in [1.29, 1.82) is 0 Å². The summed E-state index contributed by atoms with van der Waals surface area (Å²) in [6.45, 7) is 7.07. The SMILES string of the molecule is CCOc1ccc2c(c1)CCN(C(=NCc1nnc(C)n1C)NC1CCCC1)C2. The number of nitrogens with one attached hydrogen (secondary N) is 1. The Morgan fingerprint density at radius 3 is 2.79 bits per heavy atom. The first kappa shape index (κ1) is 19.7. The summed E-state index contributed by atoms with van der Waals surface area (Å²) in [4.78, 5) is 7.34. The molecule has 29 heavy (non-hydrogen) atoms. The fourth-order valence-corrected chi connectivity index (χ4v) is 4.19. The van der Waals surface area contributed by atoms with E-state index in [1.54, 1.807) is 0 Å². The van der Waals surface area contributed by atoms with Gasteiger partial charge in [-0.2, -0.15) is 0 Å². The molecule has 1 aromatic heterocycles. The Bertz CT molecular complexity index is 868. The Hall–Kier alpha value is -2.57. The second-order valence-corrected chi connectivity index (χ2v) is 8.02. The zero-order chi connectivity index (χ0) is 20.2. The molecule has 1 saturated carbocycles. The molecule has 1 aliphatic heterocycles. The minimum atomic E-state index is 0.525. The highest BCUT2D eigenvalue weighted by Gasteiger charge is 2.23. The van der Waals surface area contributed by atoms with Crippen molar-refractivity contribution in [3.8, 4) is 5.75 Å². The van der Waals surface area contributed by atoms with Crippen molar-refractivity contribution in [3.05, 3.63) is 41.0 Å². The number of rotatable bonds is 5. The van der Waals surface area contributed by atoms with Gasteiger partial charge in [0.05, 0.1) is 6.61 Å². The molecule has 1 fully saturated rings. The van der Waals surface area contributed by atoms with E-state index in [1.165, 1.54) is 36.8 Å². The lowest BCUT2D eigenvalue weighted by Crippen LogP contribution is -2.47. The molecule has 0 spiro atoms. The lowest BCUT2D eigenvalue weighted by atomic mass is 9.99. The first-order valence-corrected chi connectivity index (χ1v) is 10.8. The fourth-order valence-electron chi connectivity index (χ4n) is 4.19. The van der Waals surface area contributed by atoms with Crippen LogP contribution in [0.3, 0.4) is 0 Å². The lowest BCUT2D eigenvalue weighted by Gasteiger charge is -2.33. The van der Waals surface area contributed by atoms with Crippen LogP contribution in [0.5, 0.6) is 5.75 Å². The smallest absolute Gasteiger partial charge is 0.194 e. The first-order valence-electron chi connectivity index (χ1n) is 10.8. The van der Waals surface area contributed by atoms with Gasteiger partial charge in [-0.15, -0.1) is 10.2 Å². The average molecular weight is 397 g/mol. The van der Waals surface area contributed by atoms with Crippen molar-refractivity contribution in [3.63, 3.8) is 0 Å². The van der Waals surface area contributed by atoms with Gasteiger partial charge in [0.2, 0.25) is 0 Å². The molecular formula is C22H32N6O. The average Bonchev–Trinajstić information content (AvgIpc) is 3.36. The number of hydrogen-bond donors (Lipinski definition) is 1. The molecule has 0 bridgehead atoms. The molecule has 1 N–H and O–H groups in total. The summed E-state index contributed by atoms with van der Waals surface area (Å²) < 4.78 is 7.68. The van der Waals surface area contributed by atoms with E-state index in [4.69, 9.17) is 9.73 Å². The second kappa shape index (κ2) is 8.84. The molecule has 7 nitrogen and oxygen atoms in total. The van der Waals surface area contributed by atoms with Crippen LogP contribution in [0.4, 0.5) is 0 Å². The Balaban J connectivity index is 1.52. The highest BCUT2D eigenvalue weighted by molar-refractivity contribution is 5.80. The third kappa shape index (κ3) is 4.54. The Morgan fingerprint density at radius 2 is 2.07 bits per heavy atom. The highest BCUT2D eigenvalue weighted by atomic mass is 16.5. The summed E-state index contributed by atoms with van der Waals surface area (Å²) >= 11 is 0. The maximum Gasteiger partial charge on any atom is 0.194 e. The summed E-state index contributed by atoms with van der Waals surface area (Å²) in [5, 5.41) is 12.2. The highest BCUT2D eigenvalue weighted by Crippen LogP contribution is 2.25. The zero-order valence-electron chi connectivity index (χ0n) is 17.8. The summed E-state index contributed by atoms with van der Waals surface area (Å²) in [6.07, 6.45) is 6.06. The molecule has 1 aliphatic carbocycles. The summed E-state index contributed by atoms with van der Waals surface area (Å²) in [6, 6.07) is 7.00. The van der Waals surface area contributed by atoms with Crippen LogP contribution >= 0.6 is 0 Å². The number of guanidine groups is 1. The van der Waals surface area contributed by atoms with Crippen LogP contribution in [0.25, 0.3) is 0 Å². The van der Waals surface area contributed by atoms with Crippen molar-refractivity contribution in [2.45, 2.75) is 65.1 Å². The van der Waals surface area contributed by atoms with E-state index >= 15 is 0 Å². The first-order chi connectivity index (χ1) is 14.1. The van der Waals surface area contributed by atoms with Crippen molar-refractivity contribution in [2.24, 2.45) is 12.0 Å². The predicted octanol–water partition coefficient (Wildman–Crippen LogP) is 2.97. The number of benzene rings is 1. The van der Waals surface area contributed by atoms with Crippen LogP contribution < -0.4 is 10.1 Å². The van der Waals surface area contributed by atoms with E-state index in [0.29, 0.717) is 19.2 Å². The van der Waals surface area contributed by atoms with Gasteiger partial charge in [-0.25, -0.2) is 4.99 Å². The summed E-state index contributed by atoms with van der Waals surface area (Å²) in [5.74, 6) is 3.77. The minimum Gasteiger partial charge on any atom is -0.494 e. The number of aryl methyl sites for hydroxylation is 1. The van der Waals surface area contributed by atoms with E-state index in [0.717, 1.165) is 42.9 Å². The van der Waals surface area contributed by atoms with Gasteiger partial charge in [0, 0.05) is 26.2 Å². The maximum atomic E-state index is 5.67. The zero-order valence-corrected chi connectivity index (χ0v) is 17.8. The van der Waals surface area contributed by atoms with Crippen molar-refractivity contribution >= 4 is 5.96 Å². The van der Waals surface area contributed by atoms with Gasteiger partial charge in [0.15, 0.2) is 11.8 Å². The fraction of sp³-hybridized carbons (Fsp3) is 0.591. The quantitative estimate of drug-likeness (QED) is 0.622. The Labute approximate surface area is 173 Å². The summed E-state index contributed by atoms with van der Waals surface area (Å²) in [7, 11) is 2.00. The van der Waals surface area contributed by atoms with Crippen LogP contribution in [0, 0.1) is 6.92 Å². The van der Waals surface area contributed by atoms with Crippen molar-refractivity contribution < 1.29 is 4.74 Å². The number of ether oxygens (including phenoxy) is 1. The third-order valence-electron chi connectivity index (χ3n) is 6.04. The Kier molecular flexibility index (Phi) is 6.02. The van der Waals surface area contributed by atoms with Crippen LogP contribution in [-0.2, 0) is 26.6 Å². The molecule has 4 rings (SSSR count). The van der Waals surface area contributed by atoms with E-state index in [2.05, 4.69) is 38.6 Å². The van der Waals surface area contributed by atoms with E-state index in [1.807, 2.05) is 25.5 Å². The molecule has 7 heteroatoms. The molecule has 1 aromatic carbocycles. The lowest BCUT2D eigenvalue weighted by molar-refractivity contribution is 0.336. The molecule has 0 saturated heterocycles. The van der Waals surface area contributed by atoms with Crippen LogP contribution in [0.2, 0.25) is 0 Å². The van der Waals surface area contributed by atoms with Crippen molar-refractivity contribution in [2.75, 3.05) is 13.2 Å². The van der Waals surface area contributed by atoms with Gasteiger partial charge in [0.1, 0.15) is 18.1 Å². The molecule has 0 unspecified atom stereocenters.